The molecule has 2 N–H and O–H groups in total. The van der Waals surface area contributed by atoms with Crippen molar-refractivity contribution in [1.82, 2.24) is 5.32 Å². The number of nitrogens with one attached hydrogen (secondary N) is 1. The van der Waals surface area contributed by atoms with Gasteiger partial charge in [0.1, 0.15) is 5.75 Å². The molecule has 0 amide bonds. The molecule has 1 atom stereocenters. The zero-order valence-electron chi connectivity index (χ0n) is 10.7. The van der Waals surface area contributed by atoms with Crippen LogP contribution >= 0.6 is 11.8 Å². The van der Waals surface area contributed by atoms with E-state index in [0.29, 0.717) is 13.1 Å². The van der Waals surface area contributed by atoms with Crippen LogP contribution in [0.5, 0.6) is 5.75 Å². The van der Waals surface area contributed by atoms with Crippen LogP contribution in [0.1, 0.15) is 12.0 Å². The first-order chi connectivity index (χ1) is 9.36. The van der Waals surface area contributed by atoms with Crippen LogP contribution in [0.4, 0.5) is 13.2 Å². The molecule has 0 bridgehead atoms. The molecular formula is C13H16F3NO2S. The minimum absolute atomic E-state index is 0.230. The molecule has 1 fully saturated rings. The molecule has 20 heavy (non-hydrogen) atoms. The zero-order chi connectivity index (χ0) is 14.6. The lowest BCUT2D eigenvalue weighted by molar-refractivity contribution is -0.274. The van der Waals surface area contributed by atoms with Crippen LogP contribution in [0, 0.1) is 0 Å². The molecular weight excluding hydrogens is 291 g/mol. The summed E-state index contributed by atoms with van der Waals surface area (Å²) in [5.41, 5.74) is 0.179. The van der Waals surface area contributed by atoms with E-state index in [1.54, 1.807) is 23.9 Å². The Morgan fingerprint density at radius 1 is 1.30 bits per heavy atom. The molecule has 1 aromatic rings. The molecule has 1 heterocycles. The Morgan fingerprint density at radius 3 is 2.55 bits per heavy atom. The molecule has 1 unspecified atom stereocenters. The first-order valence-corrected chi connectivity index (χ1v) is 7.37. The van der Waals surface area contributed by atoms with Crippen molar-refractivity contribution in [3.05, 3.63) is 29.8 Å². The normalized spacial score (nSPS) is 23.0. The minimum atomic E-state index is -4.66. The Morgan fingerprint density at radius 2 is 2.00 bits per heavy atom. The quantitative estimate of drug-likeness (QED) is 0.877. The zero-order valence-corrected chi connectivity index (χ0v) is 11.6. The lowest BCUT2D eigenvalue weighted by Gasteiger charge is -2.21. The summed E-state index contributed by atoms with van der Waals surface area (Å²) >= 11 is 1.72. The van der Waals surface area contributed by atoms with Gasteiger partial charge in [0, 0.05) is 18.8 Å². The number of halogens is 3. The van der Waals surface area contributed by atoms with Gasteiger partial charge in [-0.05, 0) is 29.9 Å². The highest BCUT2D eigenvalue weighted by Crippen LogP contribution is 2.27. The number of benzene rings is 1. The average molecular weight is 307 g/mol. The van der Waals surface area contributed by atoms with Gasteiger partial charge < -0.3 is 15.2 Å². The van der Waals surface area contributed by atoms with Gasteiger partial charge >= 0.3 is 6.36 Å². The summed E-state index contributed by atoms with van der Waals surface area (Å²) in [6.07, 6.45) is -3.90. The molecule has 0 radical (unpaired) electrons. The van der Waals surface area contributed by atoms with E-state index in [-0.39, 0.29) is 5.75 Å². The standard InChI is InChI=1S/C13H16F3NO2S/c14-13(15,16)19-11-3-1-10(2-4-11)7-17-8-12(18)5-6-20-9-12/h1-4,17-18H,5-9H2. The molecule has 0 aromatic heterocycles. The van der Waals surface area contributed by atoms with Gasteiger partial charge in [-0.3, -0.25) is 0 Å². The first kappa shape index (κ1) is 15.5. The van der Waals surface area contributed by atoms with Crippen LogP contribution in [0.15, 0.2) is 24.3 Å². The van der Waals surface area contributed by atoms with E-state index < -0.39 is 12.0 Å². The van der Waals surface area contributed by atoms with Crippen LogP contribution in [0.25, 0.3) is 0 Å². The number of ether oxygens (including phenoxy) is 1. The monoisotopic (exact) mass is 307 g/mol. The first-order valence-electron chi connectivity index (χ1n) is 6.22. The summed E-state index contributed by atoms with van der Waals surface area (Å²) in [4.78, 5) is 0. The minimum Gasteiger partial charge on any atom is -0.406 e. The van der Waals surface area contributed by atoms with Gasteiger partial charge in [-0.2, -0.15) is 11.8 Å². The Labute approximate surface area is 119 Å². The summed E-state index contributed by atoms with van der Waals surface area (Å²) in [5.74, 6) is 1.45. The van der Waals surface area contributed by atoms with Crippen molar-refractivity contribution in [2.24, 2.45) is 0 Å². The molecule has 7 heteroatoms. The van der Waals surface area contributed by atoms with Gasteiger partial charge in [-0.25, -0.2) is 0 Å². The van der Waals surface area contributed by atoms with Crippen LogP contribution < -0.4 is 10.1 Å². The van der Waals surface area contributed by atoms with Gasteiger partial charge in [0.05, 0.1) is 5.60 Å². The third kappa shape index (κ3) is 4.88. The van der Waals surface area contributed by atoms with E-state index in [1.807, 2.05) is 0 Å². The van der Waals surface area contributed by atoms with Crippen molar-refractivity contribution >= 4 is 11.8 Å². The predicted molar refractivity (Wildman–Crippen MR) is 71.7 cm³/mol. The number of alkyl halides is 3. The van der Waals surface area contributed by atoms with E-state index in [1.165, 1.54) is 12.1 Å². The van der Waals surface area contributed by atoms with Crippen molar-refractivity contribution in [2.45, 2.75) is 24.9 Å². The Bertz CT molecular complexity index is 430. The molecule has 1 saturated heterocycles. The number of rotatable bonds is 5. The van der Waals surface area contributed by atoms with Crippen molar-refractivity contribution < 1.29 is 23.0 Å². The average Bonchev–Trinajstić information content (AvgIpc) is 2.77. The van der Waals surface area contributed by atoms with E-state index in [0.717, 1.165) is 23.5 Å². The van der Waals surface area contributed by atoms with Gasteiger partial charge in [0.25, 0.3) is 0 Å². The van der Waals surface area contributed by atoms with E-state index in [4.69, 9.17) is 0 Å². The maximum absolute atomic E-state index is 12.0. The maximum atomic E-state index is 12.0. The van der Waals surface area contributed by atoms with E-state index in [2.05, 4.69) is 10.1 Å². The molecule has 0 spiro atoms. The molecule has 0 aliphatic carbocycles. The third-order valence-electron chi connectivity index (χ3n) is 3.02. The highest BCUT2D eigenvalue weighted by atomic mass is 32.2. The lowest BCUT2D eigenvalue weighted by atomic mass is 10.0. The molecule has 1 aliphatic heterocycles. The topological polar surface area (TPSA) is 41.5 Å². The summed E-state index contributed by atoms with van der Waals surface area (Å²) in [5, 5.41) is 13.2. The highest BCUT2D eigenvalue weighted by Gasteiger charge is 2.31. The van der Waals surface area contributed by atoms with E-state index >= 15 is 0 Å². The predicted octanol–water partition coefficient (Wildman–Crippen LogP) is 2.54. The van der Waals surface area contributed by atoms with Gasteiger partial charge in [0.2, 0.25) is 0 Å². The Kier molecular flexibility index (Phi) is 4.82. The molecule has 1 aliphatic rings. The highest BCUT2D eigenvalue weighted by molar-refractivity contribution is 7.99. The van der Waals surface area contributed by atoms with Crippen molar-refractivity contribution in [1.29, 1.82) is 0 Å². The Balaban J connectivity index is 1.79. The van der Waals surface area contributed by atoms with Gasteiger partial charge in [-0.1, -0.05) is 12.1 Å². The SMILES string of the molecule is OC1(CNCc2ccc(OC(F)(F)F)cc2)CCSC1. The molecule has 1 aromatic carbocycles. The van der Waals surface area contributed by atoms with Crippen molar-refractivity contribution in [3.63, 3.8) is 0 Å². The smallest absolute Gasteiger partial charge is 0.406 e. The fourth-order valence-electron chi connectivity index (χ4n) is 1.98. The van der Waals surface area contributed by atoms with Crippen LogP contribution in [0.2, 0.25) is 0 Å². The number of hydrogen-bond donors (Lipinski definition) is 2. The summed E-state index contributed by atoms with van der Waals surface area (Å²) in [6.45, 7) is 0.986. The maximum Gasteiger partial charge on any atom is 0.573 e. The number of thioether (sulfide) groups is 1. The number of aliphatic hydroxyl groups is 1. The summed E-state index contributed by atoms with van der Waals surface area (Å²) in [6, 6.07) is 5.71. The third-order valence-corrected chi connectivity index (χ3v) is 4.26. The molecule has 3 nitrogen and oxygen atoms in total. The van der Waals surface area contributed by atoms with Gasteiger partial charge in [-0.15, -0.1) is 13.2 Å². The van der Waals surface area contributed by atoms with Crippen molar-refractivity contribution in [2.75, 3.05) is 18.1 Å². The lowest BCUT2D eigenvalue weighted by Crippen LogP contribution is -2.40. The van der Waals surface area contributed by atoms with Crippen molar-refractivity contribution in [3.8, 4) is 5.75 Å². The van der Waals surface area contributed by atoms with Crippen LogP contribution in [-0.4, -0.2) is 35.1 Å². The second-order valence-electron chi connectivity index (χ2n) is 4.82. The summed E-state index contributed by atoms with van der Waals surface area (Å²) < 4.78 is 39.8. The van der Waals surface area contributed by atoms with E-state index in [9.17, 15) is 18.3 Å². The number of hydrogen-bond acceptors (Lipinski definition) is 4. The molecule has 0 saturated carbocycles. The largest absolute Gasteiger partial charge is 0.573 e. The van der Waals surface area contributed by atoms with Crippen LogP contribution in [-0.2, 0) is 6.54 Å². The second-order valence-corrected chi connectivity index (χ2v) is 5.93. The fourth-order valence-corrected chi connectivity index (χ4v) is 3.28. The summed E-state index contributed by atoms with van der Waals surface area (Å²) in [7, 11) is 0. The van der Waals surface area contributed by atoms with Gasteiger partial charge in [0.15, 0.2) is 0 Å². The molecule has 2 rings (SSSR count). The second kappa shape index (κ2) is 6.24. The van der Waals surface area contributed by atoms with Crippen LogP contribution in [0.3, 0.4) is 0 Å². The fraction of sp³-hybridized carbons (Fsp3) is 0.538. The Hall–Kier alpha value is -0.920. The molecule has 112 valence electrons.